The van der Waals surface area contributed by atoms with E-state index >= 15 is 0 Å². The second-order valence-electron chi connectivity index (χ2n) is 7.00. The van der Waals surface area contributed by atoms with Crippen molar-refractivity contribution in [3.05, 3.63) is 108 Å². The van der Waals surface area contributed by atoms with E-state index in [0.717, 1.165) is 33.8 Å². The molecule has 0 unspecified atom stereocenters. The molecule has 0 radical (unpaired) electrons. The Morgan fingerprint density at radius 1 is 0.714 bits per heavy atom. The Bertz CT molecular complexity index is 1040. The van der Waals surface area contributed by atoms with E-state index in [9.17, 15) is 0 Å². The van der Waals surface area contributed by atoms with Crippen LogP contribution in [0.4, 0.5) is 0 Å². The monoisotopic (exact) mass is 543 g/mol. The molecule has 2 aromatic heterocycles. The van der Waals surface area contributed by atoms with Gasteiger partial charge in [0.25, 0.3) is 0 Å². The molecule has 140 valence electrons. The second-order valence-corrected chi connectivity index (χ2v) is 7.00. The van der Waals surface area contributed by atoms with Crippen LogP contribution in [0.1, 0.15) is 25.0 Å². The van der Waals surface area contributed by atoms with Gasteiger partial charge >= 0.3 is 21.1 Å². The van der Waals surface area contributed by atoms with E-state index in [4.69, 9.17) is 4.98 Å². The molecular formula is C25H20N2Pt. The summed E-state index contributed by atoms with van der Waals surface area (Å²) < 4.78 is 0. The maximum Gasteiger partial charge on any atom is 2.00 e. The van der Waals surface area contributed by atoms with Crippen molar-refractivity contribution in [3.63, 3.8) is 0 Å². The Morgan fingerprint density at radius 3 is 2.18 bits per heavy atom. The number of aromatic nitrogens is 2. The smallest absolute Gasteiger partial charge is 0.295 e. The molecule has 0 amide bonds. The summed E-state index contributed by atoms with van der Waals surface area (Å²) in [6.07, 6.45) is 1.79. The molecule has 2 nitrogen and oxygen atoms in total. The van der Waals surface area contributed by atoms with E-state index in [1.807, 2.05) is 48.5 Å². The molecule has 2 aromatic carbocycles. The summed E-state index contributed by atoms with van der Waals surface area (Å²) in [5.41, 5.74) is 5.69. The zero-order valence-electron chi connectivity index (χ0n) is 15.8. The van der Waals surface area contributed by atoms with Crippen molar-refractivity contribution in [2.45, 2.75) is 19.3 Å². The summed E-state index contributed by atoms with van der Waals surface area (Å²) >= 11 is 0. The Labute approximate surface area is 181 Å². The number of hydrogen-bond donors (Lipinski definition) is 0. The fraction of sp³-hybridized carbons (Fsp3) is 0.120. The van der Waals surface area contributed by atoms with Gasteiger partial charge in [-0.2, -0.15) is 35.9 Å². The van der Waals surface area contributed by atoms with E-state index < -0.39 is 0 Å². The van der Waals surface area contributed by atoms with Gasteiger partial charge in [0.1, 0.15) is 0 Å². The van der Waals surface area contributed by atoms with Crippen molar-refractivity contribution in [1.82, 2.24) is 9.97 Å². The Hall–Kier alpha value is -2.57. The zero-order chi connectivity index (χ0) is 18.7. The first-order valence-corrected chi connectivity index (χ1v) is 9.03. The van der Waals surface area contributed by atoms with E-state index in [1.165, 1.54) is 0 Å². The molecule has 0 saturated heterocycles. The third kappa shape index (κ3) is 4.13. The van der Waals surface area contributed by atoms with Crippen LogP contribution in [-0.4, -0.2) is 9.97 Å². The molecule has 0 fully saturated rings. The first-order chi connectivity index (χ1) is 13.1. The van der Waals surface area contributed by atoms with Crippen LogP contribution in [-0.2, 0) is 26.5 Å². The van der Waals surface area contributed by atoms with Crippen LogP contribution in [0.25, 0.3) is 22.6 Å². The summed E-state index contributed by atoms with van der Waals surface area (Å²) in [7, 11) is 0. The first kappa shape index (κ1) is 20.2. The summed E-state index contributed by atoms with van der Waals surface area (Å²) in [6.45, 7) is 4.40. The van der Waals surface area contributed by atoms with Crippen molar-refractivity contribution in [2.75, 3.05) is 0 Å². The van der Waals surface area contributed by atoms with Crippen LogP contribution in [0.15, 0.2) is 85.1 Å². The number of nitrogens with zero attached hydrogens (tertiary/aromatic N) is 2. The van der Waals surface area contributed by atoms with E-state index in [-0.39, 0.29) is 26.5 Å². The van der Waals surface area contributed by atoms with Gasteiger partial charge in [0.2, 0.25) is 0 Å². The SMILES string of the molecule is CC(C)(c1[c-]cccc1)c1[c-]c(-c2cccc(-c3ccccn3)n2)ccc1.[Pt+2]. The van der Waals surface area contributed by atoms with Crippen molar-refractivity contribution in [3.8, 4) is 22.6 Å². The van der Waals surface area contributed by atoms with Crippen LogP contribution < -0.4 is 0 Å². The number of pyridine rings is 2. The van der Waals surface area contributed by atoms with Crippen LogP contribution in [0, 0.1) is 12.1 Å². The topological polar surface area (TPSA) is 25.8 Å². The van der Waals surface area contributed by atoms with E-state index in [1.54, 1.807) is 6.20 Å². The Balaban J connectivity index is 0.00000225. The van der Waals surface area contributed by atoms with Gasteiger partial charge in [-0.1, -0.05) is 32.0 Å². The maximum absolute atomic E-state index is 4.81. The second kappa shape index (κ2) is 8.62. The Morgan fingerprint density at radius 2 is 1.43 bits per heavy atom. The molecule has 0 aliphatic heterocycles. The van der Waals surface area contributed by atoms with Gasteiger partial charge < -0.3 is 0 Å². The van der Waals surface area contributed by atoms with E-state index in [0.29, 0.717) is 0 Å². The van der Waals surface area contributed by atoms with Crippen LogP contribution in [0.3, 0.4) is 0 Å². The molecule has 0 saturated carbocycles. The maximum atomic E-state index is 4.81. The molecule has 0 aliphatic carbocycles. The predicted octanol–water partition coefficient (Wildman–Crippen LogP) is 5.73. The van der Waals surface area contributed by atoms with Gasteiger partial charge in [-0.05, 0) is 29.3 Å². The average Bonchev–Trinajstić information content (AvgIpc) is 2.75. The minimum Gasteiger partial charge on any atom is -0.295 e. The van der Waals surface area contributed by atoms with Gasteiger partial charge in [0.05, 0.1) is 11.4 Å². The molecule has 28 heavy (non-hydrogen) atoms. The van der Waals surface area contributed by atoms with Crippen molar-refractivity contribution >= 4 is 0 Å². The van der Waals surface area contributed by atoms with Crippen LogP contribution in [0.5, 0.6) is 0 Å². The van der Waals surface area contributed by atoms with Crippen LogP contribution >= 0.6 is 0 Å². The molecular weight excluding hydrogens is 523 g/mol. The molecule has 4 aromatic rings. The summed E-state index contributed by atoms with van der Waals surface area (Å²) in [4.78, 5) is 9.21. The minimum atomic E-state index is -0.185. The summed E-state index contributed by atoms with van der Waals surface area (Å²) in [5, 5.41) is 0. The van der Waals surface area contributed by atoms with Crippen LogP contribution in [0.2, 0.25) is 0 Å². The molecule has 0 aliphatic rings. The fourth-order valence-electron chi connectivity index (χ4n) is 3.15. The number of rotatable bonds is 4. The van der Waals surface area contributed by atoms with Crippen molar-refractivity contribution in [1.29, 1.82) is 0 Å². The van der Waals surface area contributed by atoms with Gasteiger partial charge in [-0.15, -0.1) is 35.4 Å². The van der Waals surface area contributed by atoms with E-state index in [2.05, 4.69) is 61.3 Å². The third-order valence-electron chi connectivity index (χ3n) is 4.80. The third-order valence-corrected chi connectivity index (χ3v) is 4.80. The first-order valence-electron chi connectivity index (χ1n) is 9.03. The average molecular weight is 544 g/mol. The van der Waals surface area contributed by atoms with Gasteiger partial charge in [-0.25, -0.2) is 0 Å². The molecule has 2 heterocycles. The van der Waals surface area contributed by atoms with Gasteiger partial charge in [0, 0.05) is 6.20 Å². The molecule has 0 spiro atoms. The van der Waals surface area contributed by atoms with Crippen molar-refractivity contribution in [2.24, 2.45) is 0 Å². The normalized spacial score (nSPS) is 10.9. The Kier molecular flexibility index (Phi) is 6.21. The predicted molar refractivity (Wildman–Crippen MR) is 109 cm³/mol. The number of benzene rings is 2. The minimum absolute atomic E-state index is 0. The molecule has 0 atom stereocenters. The number of hydrogen-bond acceptors (Lipinski definition) is 2. The zero-order valence-corrected chi connectivity index (χ0v) is 18.1. The van der Waals surface area contributed by atoms with Crippen molar-refractivity contribution < 1.29 is 21.1 Å². The molecule has 0 bridgehead atoms. The standard InChI is InChI=1S/C25H20N2.Pt/c1-25(2,20-11-4-3-5-12-20)21-13-8-10-19(18-21)22-15-9-16-24(27-22)23-14-6-7-17-26-23;/h3-11,13-17H,1-2H3;/q-2;+2. The quantitative estimate of drug-likeness (QED) is 0.307. The molecule has 4 rings (SSSR count). The summed E-state index contributed by atoms with van der Waals surface area (Å²) in [5.74, 6) is 0. The van der Waals surface area contributed by atoms with Gasteiger partial charge in [-0.3, -0.25) is 9.97 Å². The molecule has 3 heteroatoms. The largest absolute Gasteiger partial charge is 2.00 e. The summed E-state index contributed by atoms with van der Waals surface area (Å²) in [6, 6.07) is 33.2. The fourth-order valence-corrected chi connectivity index (χ4v) is 3.15. The molecule has 0 N–H and O–H groups in total. The van der Waals surface area contributed by atoms with Gasteiger partial charge in [0.15, 0.2) is 0 Å².